The highest BCUT2D eigenvalue weighted by molar-refractivity contribution is 5.85. The number of hydrazone groups is 1. The first-order valence-corrected chi connectivity index (χ1v) is 4.41. The van der Waals surface area contributed by atoms with Crippen LogP contribution in [0.1, 0.15) is 12.5 Å². The van der Waals surface area contributed by atoms with Gasteiger partial charge in [-0.25, -0.2) is 14.6 Å². The van der Waals surface area contributed by atoms with Crippen molar-refractivity contribution in [2.45, 2.75) is 13.3 Å². The normalized spacial score (nSPS) is 11.2. The van der Waals surface area contributed by atoms with Crippen LogP contribution in [0.3, 0.4) is 0 Å². The first-order valence-electron chi connectivity index (χ1n) is 4.41. The van der Waals surface area contributed by atoms with Crippen LogP contribution in [0.4, 0.5) is 9.18 Å². The Morgan fingerprint density at radius 2 is 2.07 bits per heavy atom. The average molecular weight is 209 g/mol. The monoisotopic (exact) mass is 209 g/mol. The van der Waals surface area contributed by atoms with Crippen LogP contribution in [0.15, 0.2) is 29.4 Å². The summed E-state index contributed by atoms with van der Waals surface area (Å²) < 4.78 is 12.6. The number of benzene rings is 1. The average Bonchev–Trinajstić information content (AvgIpc) is 2.19. The van der Waals surface area contributed by atoms with Gasteiger partial charge in [0.15, 0.2) is 0 Å². The Bertz CT molecular complexity index is 373. The number of halogens is 1. The zero-order valence-electron chi connectivity index (χ0n) is 8.33. The van der Waals surface area contributed by atoms with Gasteiger partial charge in [0.25, 0.3) is 0 Å². The molecule has 0 heterocycles. The third kappa shape index (κ3) is 4.21. The molecule has 0 saturated carbocycles. The van der Waals surface area contributed by atoms with Crippen molar-refractivity contribution in [2.75, 3.05) is 0 Å². The van der Waals surface area contributed by atoms with E-state index in [4.69, 9.17) is 5.73 Å². The van der Waals surface area contributed by atoms with Gasteiger partial charge < -0.3 is 5.73 Å². The molecule has 0 bridgehead atoms. The van der Waals surface area contributed by atoms with E-state index in [2.05, 4.69) is 10.5 Å². The molecule has 0 aliphatic carbocycles. The molecule has 4 nitrogen and oxygen atoms in total. The number of primary amides is 1. The molecule has 0 unspecified atom stereocenters. The molecule has 1 rings (SSSR count). The van der Waals surface area contributed by atoms with Crippen molar-refractivity contribution >= 4 is 11.7 Å². The van der Waals surface area contributed by atoms with Crippen molar-refractivity contribution < 1.29 is 9.18 Å². The summed E-state index contributed by atoms with van der Waals surface area (Å²) in [5.41, 5.74) is 8.59. The van der Waals surface area contributed by atoms with Crippen LogP contribution < -0.4 is 11.2 Å². The fourth-order valence-corrected chi connectivity index (χ4v) is 1.09. The highest BCUT2D eigenvalue weighted by Gasteiger charge is 1.97. The van der Waals surface area contributed by atoms with E-state index in [0.717, 1.165) is 5.56 Å². The maximum Gasteiger partial charge on any atom is 0.332 e. The van der Waals surface area contributed by atoms with Gasteiger partial charge in [0.05, 0.1) is 0 Å². The second kappa shape index (κ2) is 5.09. The first-order chi connectivity index (χ1) is 7.08. The molecule has 0 saturated heterocycles. The number of carbonyl (C=O) groups is 1. The predicted octanol–water partition coefficient (Wildman–Crippen LogP) is 1.41. The van der Waals surface area contributed by atoms with Gasteiger partial charge in [0, 0.05) is 12.1 Å². The number of urea groups is 1. The van der Waals surface area contributed by atoms with E-state index in [-0.39, 0.29) is 5.82 Å². The molecule has 80 valence electrons. The summed E-state index contributed by atoms with van der Waals surface area (Å²) in [4.78, 5) is 10.4. The molecular weight excluding hydrogens is 197 g/mol. The lowest BCUT2D eigenvalue weighted by Crippen LogP contribution is -2.25. The van der Waals surface area contributed by atoms with Crippen molar-refractivity contribution in [3.05, 3.63) is 35.6 Å². The van der Waals surface area contributed by atoms with E-state index in [0.29, 0.717) is 12.1 Å². The lowest BCUT2D eigenvalue weighted by molar-refractivity contribution is 0.249. The summed E-state index contributed by atoms with van der Waals surface area (Å²) >= 11 is 0. The van der Waals surface area contributed by atoms with Crippen molar-refractivity contribution in [1.29, 1.82) is 0 Å². The molecular formula is C10H12FN3O. The highest BCUT2D eigenvalue weighted by Crippen LogP contribution is 2.04. The fourth-order valence-electron chi connectivity index (χ4n) is 1.09. The number of nitrogens with one attached hydrogen (secondary N) is 1. The molecule has 15 heavy (non-hydrogen) atoms. The smallest absolute Gasteiger partial charge is 0.332 e. The summed E-state index contributed by atoms with van der Waals surface area (Å²) in [6.45, 7) is 1.75. The van der Waals surface area contributed by atoms with Crippen LogP contribution in [0, 0.1) is 5.82 Å². The Morgan fingerprint density at radius 1 is 1.47 bits per heavy atom. The van der Waals surface area contributed by atoms with Crippen LogP contribution in [-0.4, -0.2) is 11.7 Å². The fraction of sp³-hybridized carbons (Fsp3) is 0.200. The van der Waals surface area contributed by atoms with E-state index in [9.17, 15) is 9.18 Å². The quantitative estimate of drug-likeness (QED) is 0.573. The molecule has 3 N–H and O–H groups in total. The standard InChI is InChI=1S/C10H12FN3O/c1-7(13-14-10(12)15)6-8-2-4-9(11)5-3-8/h2-5H,6H2,1H3,(H3,12,14,15)/b13-7-. The SMILES string of the molecule is C/C(Cc1ccc(F)cc1)=N/NC(N)=O. The van der Waals surface area contributed by atoms with Crippen LogP contribution in [-0.2, 0) is 6.42 Å². The molecule has 0 aliphatic rings. The number of nitrogens with two attached hydrogens (primary N) is 1. The Hall–Kier alpha value is -1.91. The number of hydrogen-bond donors (Lipinski definition) is 2. The minimum absolute atomic E-state index is 0.274. The lowest BCUT2D eigenvalue weighted by atomic mass is 10.1. The second-order valence-corrected chi connectivity index (χ2v) is 3.13. The van der Waals surface area contributed by atoms with Gasteiger partial charge >= 0.3 is 6.03 Å². The topological polar surface area (TPSA) is 67.5 Å². The first kappa shape index (κ1) is 11.2. The minimum atomic E-state index is -0.701. The Kier molecular flexibility index (Phi) is 3.79. The van der Waals surface area contributed by atoms with Gasteiger partial charge in [-0.15, -0.1) is 0 Å². The van der Waals surface area contributed by atoms with Gasteiger partial charge in [0.2, 0.25) is 0 Å². The van der Waals surface area contributed by atoms with E-state index in [1.165, 1.54) is 12.1 Å². The summed E-state index contributed by atoms with van der Waals surface area (Å²) in [5, 5.41) is 3.74. The summed E-state index contributed by atoms with van der Waals surface area (Å²) in [7, 11) is 0. The predicted molar refractivity (Wildman–Crippen MR) is 55.9 cm³/mol. The molecule has 1 aromatic rings. The molecule has 2 amide bonds. The number of carbonyl (C=O) groups excluding carboxylic acids is 1. The van der Waals surface area contributed by atoms with Gasteiger partial charge in [0.1, 0.15) is 5.82 Å². The number of hydrogen-bond acceptors (Lipinski definition) is 2. The Morgan fingerprint density at radius 3 is 2.60 bits per heavy atom. The van der Waals surface area contributed by atoms with Crippen LogP contribution in [0.5, 0.6) is 0 Å². The van der Waals surface area contributed by atoms with E-state index < -0.39 is 6.03 Å². The summed E-state index contributed by atoms with van der Waals surface area (Å²) in [6, 6.07) is 5.39. The maximum absolute atomic E-state index is 12.6. The van der Waals surface area contributed by atoms with E-state index in [1.807, 2.05) is 0 Å². The zero-order chi connectivity index (χ0) is 11.3. The molecule has 0 spiro atoms. The zero-order valence-corrected chi connectivity index (χ0v) is 8.33. The molecule has 0 aromatic heterocycles. The minimum Gasteiger partial charge on any atom is -0.350 e. The molecule has 0 aliphatic heterocycles. The maximum atomic E-state index is 12.6. The van der Waals surface area contributed by atoms with Crippen LogP contribution >= 0.6 is 0 Å². The lowest BCUT2D eigenvalue weighted by Gasteiger charge is -2.01. The van der Waals surface area contributed by atoms with Crippen molar-refractivity contribution in [1.82, 2.24) is 5.43 Å². The molecule has 5 heteroatoms. The molecule has 0 radical (unpaired) electrons. The van der Waals surface area contributed by atoms with Crippen LogP contribution in [0.25, 0.3) is 0 Å². The van der Waals surface area contributed by atoms with Gasteiger partial charge in [-0.2, -0.15) is 5.10 Å². The third-order valence-corrected chi connectivity index (χ3v) is 1.73. The third-order valence-electron chi connectivity index (χ3n) is 1.73. The van der Waals surface area contributed by atoms with Crippen molar-refractivity contribution in [3.8, 4) is 0 Å². The summed E-state index contributed by atoms with van der Waals surface area (Å²) in [5.74, 6) is -0.274. The Labute approximate surface area is 87.0 Å². The van der Waals surface area contributed by atoms with Gasteiger partial charge in [-0.3, -0.25) is 0 Å². The molecule has 0 fully saturated rings. The van der Waals surface area contributed by atoms with Gasteiger partial charge in [-0.05, 0) is 24.6 Å². The number of rotatable bonds is 3. The van der Waals surface area contributed by atoms with Gasteiger partial charge in [-0.1, -0.05) is 12.1 Å². The highest BCUT2D eigenvalue weighted by atomic mass is 19.1. The van der Waals surface area contributed by atoms with Crippen molar-refractivity contribution in [3.63, 3.8) is 0 Å². The summed E-state index contributed by atoms with van der Waals surface area (Å²) in [6.07, 6.45) is 0.542. The Balaban J connectivity index is 2.58. The van der Waals surface area contributed by atoms with Crippen LogP contribution in [0.2, 0.25) is 0 Å². The van der Waals surface area contributed by atoms with Crippen molar-refractivity contribution in [2.24, 2.45) is 10.8 Å². The molecule has 1 aromatic carbocycles. The second-order valence-electron chi connectivity index (χ2n) is 3.13. The number of nitrogens with zero attached hydrogens (tertiary/aromatic N) is 1. The largest absolute Gasteiger partial charge is 0.350 e. The van der Waals surface area contributed by atoms with E-state index in [1.54, 1.807) is 19.1 Å². The molecule has 0 atom stereocenters. The number of amides is 2. The van der Waals surface area contributed by atoms with E-state index >= 15 is 0 Å².